The number of urea groups is 1. The average Bonchev–Trinajstić information content (AvgIpc) is 2.86. The molecule has 0 aromatic heterocycles. The molecule has 2 rings (SSSR count). The fourth-order valence-corrected chi connectivity index (χ4v) is 2.65. The van der Waals surface area contributed by atoms with Crippen LogP contribution in [0.25, 0.3) is 0 Å². The molecule has 0 aliphatic carbocycles. The number of carboxylic acids is 1. The number of hydrogen-bond donors (Lipinski definition) is 2. The second kappa shape index (κ2) is 6.40. The van der Waals surface area contributed by atoms with Crippen LogP contribution in [0.5, 0.6) is 0 Å². The second-order valence-corrected chi connectivity index (χ2v) is 5.51. The Hall–Kier alpha value is -1.67. The zero-order valence-electron chi connectivity index (χ0n) is 11.2. The third-order valence-electron chi connectivity index (χ3n) is 3.31. The van der Waals surface area contributed by atoms with Gasteiger partial charge >= 0.3 is 12.0 Å². The number of carbonyl (C=O) groups excluding carboxylic acids is 1. The van der Waals surface area contributed by atoms with Crippen molar-refractivity contribution in [3.8, 4) is 0 Å². The summed E-state index contributed by atoms with van der Waals surface area (Å²) in [7, 11) is 1.47. The molecule has 1 aromatic carbocycles. The summed E-state index contributed by atoms with van der Waals surface area (Å²) in [5.41, 5.74) is 0.367. The molecular weight excluding hydrogens is 347 g/mol. The van der Waals surface area contributed by atoms with Crippen LogP contribution in [-0.2, 0) is 9.53 Å². The number of aliphatic carboxylic acids is 1. The maximum Gasteiger partial charge on any atom is 0.326 e. The lowest BCUT2D eigenvalue weighted by Gasteiger charge is -2.22. The number of anilines is 1. The Morgan fingerprint density at radius 3 is 2.81 bits per heavy atom. The lowest BCUT2D eigenvalue weighted by atomic mass is 10.2. The topological polar surface area (TPSA) is 78.9 Å². The summed E-state index contributed by atoms with van der Waals surface area (Å²) in [5, 5.41) is 11.7. The molecule has 2 amide bonds. The molecule has 1 aromatic rings. The third-order valence-corrected chi connectivity index (χ3v) is 3.97. The van der Waals surface area contributed by atoms with E-state index in [0.717, 1.165) is 0 Å². The Morgan fingerprint density at radius 1 is 1.52 bits per heavy atom. The van der Waals surface area contributed by atoms with Crippen LogP contribution in [0.1, 0.15) is 6.42 Å². The van der Waals surface area contributed by atoms with Gasteiger partial charge in [-0.25, -0.2) is 14.0 Å². The number of halogens is 2. The van der Waals surface area contributed by atoms with Crippen molar-refractivity contribution in [3.05, 3.63) is 28.5 Å². The summed E-state index contributed by atoms with van der Waals surface area (Å²) in [6.45, 7) is 0.193. The van der Waals surface area contributed by atoms with Crippen LogP contribution in [0, 0.1) is 5.82 Å². The van der Waals surface area contributed by atoms with E-state index >= 15 is 0 Å². The van der Waals surface area contributed by atoms with Crippen molar-refractivity contribution in [3.63, 3.8) is 0 Å². The van der Waals surface area contributed by atoms with Crippen LogP contribution >= 0.6 is 15.9 Å². The molecule has 0 saturated carbocycles. The monoisotopic (exact) mass is 360 g/mol. The first-order valence-corrected chi connectivity index (χ1v) is 7.00. The fraction of sp³-hybridized carbons (Fsp3) is 0.385. The van der Waals surface area contributed by atoms with Crippen molar-refractivity contribution < 1.29 is 23.8 Å². The van der Waals surface area contributed by atoms with E-state index in [9.17, 15) is 14.0 Å². The fourth-order valence-electron chi connectivity index (χ4n) is 2.20. The molecule has 1 fully saturated rings. The van der Waals surface area contributed by atoms with E-state index in [1.54, 1.807) is 0 Å². The normalized spacial score (nSPS) is 21.4. The van der Waals surface area contributed by atoms with Gasteiger partial charge in [-0.15, -0.1) is 0 Å². The van der Waals surface area contributed by atoms with Gasteiger partial charge in [0, 0.05) is 24.5 Å². The van der Waals surface area contributed by atoms with Crippen molar-refractivity contribution in [1.82, 2.24) is 4.90 Å². The molecular formula is C13H14BrFN2O4. The number of amides is 2. The van der Waals surface area contributed by atoms with Crippen LogP contribution in [0.4, 0.5) is 14.9 Å². The number of likely N-dealkylation sites (tertiary alicyclic amines) is 1. The van der Waals surface area contributed by atoms with Crippen molar-refractivity contribution in [1.29, 1.82) is 0 Å². The predicted octanol–water partition coefficient (Wildman–Crippen LogP) is 2.29. The molecule has 8 heteroatoms. The molecule has 0 bridgehead atoms. The number of methoxy groups -OCH3 is 1. The van der Waals surface area contributed by atoms with Crippen molar-refractivity contribution in [2.75, 3.05) is 19.0 Å². The van der Waals surface area contributed by atoms with E-state index in [4.69, 9.17) is 9.84 Å². The summed E-state index contributed by atoms with van der Waals surface area (Å²) in [6, 6.07) is 2.32. The Labute approximate surface area is 129 Å². The maximum atomic E-state index is 13.0. The molecule has 2 N–H and O–H groups in total. The van der Waals surface area contributed by atoms with Gasteiger partial charge in [-0.05, 0) is 34.1 Å². The second-order valence-electron chi connectivity index (χ2n) is 4.65. The largest absolute Gasteiger partial charge is 0.480 e. The zero-order chi connectivity index (χ0) is 15.6. The third kappa shape index (κ3) is 3.51. The first kappa shape index (κ1) is 15.7. The molecule has 21 heavy (non-hydrogen) atoms. The molecule has 0 radical (unpaired) electrons. The lowest BCUT2D eigenvalue weighted by molar-refractivity contribution is -0.141. The van der Waals surface area contributed by atoms with Crippen LogP contribution < -0.4 is 5.32 Å². The molecule has 114 valence electrons. The van der Waals surface area contributed by atoms with Crippen LogP contribution in [0.3, 0.4) is 0 Å². The van der Waals surface area contributed by atoms with Gasteiger partial charge in [0.2, 0.25) is 0 Å². The number of rotatable bonds is 3. The Bertz CT molecular complexity index is 569. The number of hydrogen-bond acceptors (Lipinski definition) is 3. The Morgan fingerprint density at radius 2 is 2.24 bits per heavy atom. The highest BCUT2D eigenvalue weighted by Gasteiger charge is 2.40. The molecule has 1 aliphatic heterocycles. The van der Waals surface area contributed by atoms with E-state index in [0.29, 0.717) is 10.2 Å². The number of ether oxygens (including phenoxy) is 1. The van der Waals surface area contributed by atoms with Gasteiger partial charge in [0.05, 0.1) is 11.8 Å². The van der Waals surface area contributed by atoms with E-state index in [1.165, 1.54) is 30.2 Å². The molecule has 2 atom stereocenters. The molecule has 1 saturated heterocycles. The first-order chi connectivity index (χ1) is 9.92. The highest BCUT2D eigenvalue weighted by atomic mass is 79.9. The zero-order valence-corrected chi connectivity index (χ0v) is 12.8. The molecule has 2 unspecified atom stereocenters. The number of carbonyl (C=O) groups is 2. The molecule has 6 nitrogen and oxygen atoms in total. The average molecular weight is 361 g/mol. The first-order valence-electron chi connectivity index (χ1n) is 6.20. The SMILES string of the molecule is COC1CC(C(=O)O)N(C(=O)Nc2ccc(F)cc2Br)C1. The number of benzene rings is 1. The smallest absolute Gasteiger partial charge is 0.326 e. The minimum absolute atomic E-state index is 0.193. The number of nitrogens with zero attached hydrogens (tertiary/aromatic N) is 1. The molecule has 0 spiro atoms. The number of carboxylic acid groups (broad SMARTS) is 1. The quantitative estimate of drug-likeness (QED) is 0.866. The van der Waals surface area contributed by atoms with Crippen molar-refractivity contribution >= 4 is 33.6 Å². The Kier molecular flexibility index (Phi) is 4.79. The van der Waals surface area contributed by atoms with E-state index in [1.807, 2.05) is 0 Å². The Balaban J connectivity index is 2.13. The lowest BCUT2D eigenvalue weighted by Crippen LogP contribution is -2.43. The van der Waals surface area contributed by atoms with Gasteiger partial charge in [-0.1, -0.05) is 0 Å². The molecule has 1 heterocycles. The van der Waals surface area contributed by atoms with Gasteiger partial charge in [-0.2, -0.15) is 0 Å². The minimum Gasteiger partial charge on any atom is -0.480 e. The van der Waals surface area contributed by atoms with Crippen molar-refractivity contribution in [2.45, 2.75) is 18.6 Å². The summed E-state index contributed by atoms with van der Waals surface area (Å²) < 4.78 is 18.5. The summed E-state index contributed by atoms with van der Waals surface area (Å²) >= 11 is 3.14. The van der Waals surface area contributed by atoms with E-state index < -0.39 is 23.9 Å². The minimum atomic E-state index is -1.08. The summed E-state index contributed by atoms with van der Waals surface area (Å²) in [5.74, 6) is -1.52. The van der Waals surface area contributed by atoms with Gasteiger partial charge in [0.1, 0.15) is 11.9 Å². The van der Waals surface area contributed by atoms with Crippen LogP contribution in [-0.4, -0.2) is 47.8 Å². The van der Waals surface area contributed by atoms with Crippen LogP contribution in [0.15, 0.2) is 22.7 Å². The van der Waals surface area contributed by atoms with Gasteiger partial charge in [0.15, 0.2) is 0 Å². The van der Waals surface area contributed by atoms with Crippen molar-refractivity contribution in [2.24, 2.45) is 0 Å². The predicted molar refractivity (Wildman–Crippen MR) is 76.7 cm³/mol. The van der Waals surface area contributed by atoms with E-state index in [2.05, 4.69) is 21.2 Å². The van der Waals surface area contributed by atoms with Gasteiger partial charge in [-0.3, -0.25) is 0 Å². The highest BCUT2D eigenvalue weighted by molar-refractivity contribution is 9.10. The standard InChI is InChI=1S/C13H14BrFN2O4/c1-21-8-5-11(12(18)19)17(6-8)13(20)16-10-3-2-7(15)4-9(10)14/h2-4,8,11H,5-6H2,1H3,(H,16,20)(H,18,19). The highest BCUT2D eigenvalue weighted by Crippen LogP contribution is 2.26. The van der Waals surface area contributed by atoms with E-state index in [-0.39, 0.29) is 19.1 Å². The summed E-state index contributed by atoms with van der Waals surface area (Å²) in [6.07, 6.45) is -0.0716. The maximum absolute atomic E-state index is 13.0. The van der Waals surface area contributed by atoms with Crippen LogP contribution in [0.2, 0.25) is 0 Å². The van der Waals surface area contributed by atoms with Gasteiger partial charge < -0.3 is 20.1 Å². The molecule has 1 aliphatic rings. The summed E-state index contributed by atoms with van der Waals surface area (Å²) in [4.78, 5) is 24.6. The van der Waals surface area contributed by atoms with Gasteiger partial charge in [0.25, 0.3) is 0 Å². The number of nitrogens with one attached hydrogen (secondary N) is 1.